The molecular weight excluding hydrogens is 338 g/mol. The Morgan fingerprint density at radius 2 is 1.89 bits per heavy atom. The third kappa shape index (κ3) is 3.69. The molecular formula is C21H19N5O. The predicted octanol–water partition coefficient (Wildman–Crippen LogP) is 3.63. The number of aryl methyl sites for hydroxylation is 1. The number of benzene rings is 3. The van der Waals surface area contributed by atoms with Crippen molar-refractivity contribution in [2.24, 2.45) is 0 Å². The lowest BCUT2D eigenvalue weighted by Crippen LogP contribution is -2.24. The molecule has 0 saturated heterocycles. The van der Waals surface area contributed by atoms with Gasteiger partial charge in [0, 0.05) is 11.1 Å². The summed E-state index contributed by atoms with van der Waals surface area (Å²) >= 11 is 0. The first kappa shape index (κ1) is 16.9. The number of H-pyrrole nitrogens is 1. The minimum Gasteiger partial charge on any atom is -0.325 e. The molecule has 27 heavy (non-hydrogen) atoms. The lowest BCUT2D eigenvalue weighted by Gasteiger charge is -2.15. The van der Waals surface area contributed by atoms with E-state index in [9.17, 15) is 4.79 Å². The van der Waals surface area contributed by atoms with Gasteiger partial charge in [-0.15, -0.1) is 10.2 Å². The van der Waals surface area contributed by atoms with Crippen molar-refractivity contribution in [3.8, 4) is 0 Å². The highest BCUT2D eigenvalue weighted by Gasteiger charge is 2.26. The Hall–Kier alpha value is -3.54. The van der Waals surface area contributed by atoms with Crippen LogP contribution in [0.15, 0.2) is 66.7 Å². The molecule has 6 heteroatoms. The number of fused-ring (bicyclic) bond motifs is 1. The molecule has 2 N–H and O–H groups in total. The fraction of sp³-hybridized carbons (Fsp3) is 0.143. The molecule has 4 rings (SSSR count). The normalized spacial score (nSPS) is 12.0. The van der Waals surface area contributed by atoms with Crippen LogP contribution in [0.5, 0.6) is 0 Å². The fourth-order valence-electron chi connectivity index (χ4n) is 3.25. The van der Waals surface area contributed by atoms with Crippen molar-refractivity contribution >= 4 is 22.4 Å². The number of aromatic nitrogens is 4. The molecule has 134 valence electrons. The number of amides is 1. The standard InChI is InChI=1S/C21H19N5O/c1-14-6-4-7-15(12-14)13-18(20-23-25-26-24-20)21(27)22-19-11-5-9-16-8-2-3-10-17(16)19/h2-12,18H,13H2,1H3,(H,22,27)(H,23,24,25,26)/t18-/m1/s1. The number of carbonyl (C=O) groups excluding carboxylic acids is 1. The zero-order valence-electron chi connectivity index (χ0n) is 14.9. The van der Waals surface area contributed by atoms with Crippen molar-refractivity contribution in [1.29, 1.82) is 0 Å². The Morgan fingerprint density at radius 1 is 1.07 bits per heavy atom. The van der Waals surface area contributed by atoms with E-state index in [0.717, 1.165) is 27.6 Å². The van der Waals surface area contributed by atoms with Crippen molar-refractivity contribution in [3.63, 3.8) is 0 Å². The molecule has 1 atom stereocenters. The smallest absolute Gasteiger partial charge is 0.235 e. The first-order valence-corrected chi connectivity index (χ1v) is 8.78. The van der Waals surface area contributed by atoms with Crippen LogP contribution in [0.1, 0.15) is 22.9 Å². The van der Waals surface area contributed by atoms with Gasteiger partial charge in [-0.2, -0.15) is 5.21 Å². The average Bonchev–Trinajstić information content (AvgIpc) is 3.21. The molecule has 0 bridgehead atoms. The molecule has 1 amide bonds. The first-order chi connectivity index (χ1) is 13.2. The topological polar surface area (TPSA) is 83.6 Å². The highest BCUT2D eigenvalue weighted by atomic mass is 16.1. The summed E-state index contributed by atoms with van der Waals surface area (Å²) in [6.07, 6.45) is 0.498. The van der Waals surface area contributed by atoms with Crippen LogP contribution in [-0.2, 0) is 11.2 Å². The summed E-state index contributed by atoms with van der Waals surface area (Å²) in [6, 6.07) is 21.9. The van der Waals surface area contributed by atoms with Crippen molar-refractivity contribution in [2.45, 2.75) is 19.3 Å². The maximum absolute atomic E-state index is 13.1. The molecule has 0 spiro atoms. The highest BCUT2D eigenvalue weighted by Crippen LogP contribution is 2.26. The van der Waals surface area contributed by atoms with E-state index >= 15 is 0 Å². The number of nitrogens with zero attached hydrogens (tertiary/aromatic N) is 3. The lowest BCUT2D eigenvalue weighted by atomic mass is 9.96. The minimum absolute atomic E-state index is 0.158. The number of nitrogens with one attached hydrogen (secondary N) is 2. The van der Waals surface area contributed by atoms with Crippen molar-refractivity contribution < 1.29 is 4.79 Å². The van der Waals surface area contributed by atoms with Crippen molar-refractivity contribution in [2.75, 3.05) is 5.32 Å². The molecule has 4 aromatic rings. The van der Waals surface area contributed by atoms with Gasteiger partial charge in [-0.25, -0.2) is 0 Å². The van der Waals surface area contributed by atoms with E-state index < -0.39 is 5.92 Å². The van der Waals surface area contributed by atoms with Crippen LogP contribution in [0.3, 0.4) is 0 Å². The molecule has 0 unspecified atom stereocenters. The maximum Gasteiger partial charge on any atom is 0.235 e. The molecule has 1 aromatic heterocycles. The van der Waals surface area contributed by atoms with Gasteiger partial charge in [0.25, 0.3) is 0 Å². The van der Waals surface area contributed by atoms with Crippen molar-refractivity contribution in [1.82, 2.24) is 20.6 Å². The van der Waals surface area contributed by atoms with Crippen LogP contribution < -0.4 is 5.32 Å². The number of hydrogen-bond donors (Lipinski definition) is 2. The minimum atomic E-state index is -0.537. The van der Waals surface area contributed by atoms with Crippen LogP contribution in [0, 0.1) is 6.92 Å². The summed E-state index contributed by atoms with van der Waals surface area (Å²) in [6.45, 7) is 2.03. The Morgan fingerprint density at radius 3 is 2.70 bits per heavy atom. The average molecular weight is 357 g/mol. The van der Waals surface area contributed by atoms with Gasteiger partial charge in [-0.3, -0.25) is 4.79 Å². The zero-order chi connectivity index (χ0) is 18.6. The van der Waals surface area contributed by atoms with Gasteiger partial charge < -0.3 is 5.32 Å². The Bertz CT molecular complexity index is 1070. The van der Waals surface area contributed by atoms with E-state index in [-0.39, 0.29) is 5.91 Å². The van der Waals surface area contributed by atoms with E-state index in [4.69, 9.17) is 0 Å². The van der Waals surface area contributed by atoms with Crippen LogP contribution in [-0.4, -0.2) is 26.5 Å². The molecule has 3 aromatic carbocycles. The number of hydrogen-bond acceptors (Lipinski definition) is 4. The zero-order valence-corrected chi connectivity index (χ0v) is 14.9. The van der Waals surface area contributed by atoms with Crippen molar-refractivity contribution in [3.05, 3.63) is 83.7 Å². The Labute approximate surface area is 156 Å². The highest BCUT2D eigenvalue weighted by molar-refractivity contribution is 6.04. The first-order valence-electron chi connectivity index (χ1n) is 8.78. The fourth-order valence-corrected chi connectivity index (χ4v) is 3.25. The van der Waals surface area contributed by atoms with E-state index in [1.54, 1.807) is 0 Å². The summed E-state index contributed by atoms with van der Waals surface area (Å²) in [5.41, 5.74) is 2.97. The lowest BCUT2D eigenvalue weighted by molar-refractivity contribution is -0.117. The number of rotatable bonds is 5. The predicted molar refractivity (Wildman–Crippen MR) is 104 cm³/mol. The molecule has 6 nitrogen and oxygen atoms in total. The number of aromatic amines is 1. The number of carbonyl (C=O) groups is 1. The van der Waals surface area contributed by atoms with Gasteiger partial charge in [-0.1, -0.05) is 71.4 Å². The molecule has 1 heterocycles. The molecule has 0 aliphatic heterocycles. The summed E-state index contributed by atoms with van der Waals surface area (Å²) in [5, 5.41) is 19.3. The van der Waals surface area contributed by atoms with E-state index in [1.165, 1.54) is 0 Å². The van der Waals surface area contributed by atoms with Gasteiger partial charge in [0.2, 0.25) is 5.91 Å². The summed E-state index contributed by atoms with van der Waals surface area (Å²) in [7, 11) is 0. The molecule has 0 saturated carbocycles. The maximum atomic E-state index is 13.1. The molecule has 0 radical (unpaired) electrons. The molecule has 0 fully saturated rings. The Balaban J connectivity index is 1.64. The van der Waals surface area contributed by atoms with Gasteiger partial charge in [-0.05, 0) is 30.4 Å². The monoisotopic (exact) mass is 357 g/mol. The molecule has 0 aliphatic rings. The van der Waals surface area contributed by atoms with Gasteiger partial charge in [0.1, 0.15) is 5.92 Å². The van der Waals surface area contributed by atoms with Crippen LogP contribution >= 0.6 is 0 Å². The van der Waals surface area contributed by atoms with Crippen LogP contribution in [0.25, 0.3) is 10.8 Å². The second kappa shape index (κ2) is 7.37. The number of anilines is 1. The van der Waals surface area contributed by atoms with Gasteiger partial charge in [0.15, 0.2) is 5.82 Å². The SMILES string of the molecule is Cc1cccc(C[C@@H](C(=O)Nc2cccc3ccccc23)c2nn[nH]n2)c1. The third-order valence-electron chi connectivity index (χ3n) is 4.56. The third-order valence-corrected chi connectivity index (χ3v) is 4.56. The second-order valence-electron chi connectivity index (χ2n) is 6.53. The second-order valence-corrected chi connectivity index (χ2v) is 6.53. The van der Waals surface area contributed by atoms with E-state index in [0.29, 0.717) is 12.2 Å². The largest absolute Gasteiger partial charge is 0.325 e. The van der Waals surface area contributed by atoms with E-state index in [1.807, 2.05) is 67.6 Å². The van der Waals surface area contributed by atoms with Gasteiger partial charge >= 0.3 is 0 Å². The van der Waals surface area contributed by atoms with Crippen LogP contribution in [0.2, 0.25) is 0 Å². The molecule has 0 aliphatic carbocycles. The van der Waals surface area contributed by atoms with Crippen LogP contribution in [0.4, 0.5) is 5.69 Å². The number of tetrazole rings is 1. The summed E-state index contributed by atoms with van der Waals surface area (Å²) in [4.78, 5) is 13.1. The van der Waals surface area contributed by atoms with E-state index in [2.05, 4.69) is 32.0 Å². The summed E-state index contributed by atoms with van der Waals surface area (Å²) < 4.78 is 0. The van der Waals surface area contributed by atoms with Gasteiger partial charge in [0.05, 0.1) is 0 Å². The quantitative estimate of drug-likeness (QED) is 0.571. The Kier molecular flexibility index (Phi) is 4.61. The summed E-state index contributed by atoms with van der Waals surface area (Å²) in [5.74, 6) is -0.312.